The summed E-state index contributed by atoms with van der Waals surface area (Å²) in [6.45, 7) is 6.81. The lowest BCUT2D eigenvalue weighted by Crippen LogP contribution is -2.13. The molecule has 1 aromatic heterocycles. The van der Waals surface area contributed by atoms with Crippen molar-refractivity contribution in [2.45, 2.75) is 26.7 Å². The van der Waals surface area contributed by atoms with Gasteiger partial charge in [-0.1, -0.05) is 55.0 Å². The topological polar surface area (TPSA) is 106 Å². The van der Waals surface area contributed by atoms with Crippen LogP contribution in [0.4, 0.5) is 5.13 Å². The largest absolute Gasteiger partial charge is 0.490 e. The summed E-state index contributed by atoms with van der Waals surface area (Å²) in [5.74, 6) is 1.23. The van der Waals surface area contributed by atoms with E-state index >= 15 is 0 Å². The monoisotopic (exact) mass is 512 g/mol. The van der Waals surface area contributed by atoms with Crippen molar-refractivity contribution >= 4 is 40.1 Å². The number of rotatable bonds is 11. The summed E-state index contributed by atoms with van der Waals surface area (Å²) in [5.41, 5.74) is 0.538. The summed E-state index contributed by atoms with van der Waals surface area (Å²) in [6, 6.07) is 14.3. The van der Waals surface area contributed by atoms with Crippen LogP contribution in [0.15, 0.2) is 48.0 Å². The highest BCUT2D eigenvalue weighted by Gasteiger charge is 2.15. The Morgan fingerprint density at radius 2 is 1.86 bits per heavy atom. The van der Waals surface area contributed by atoms with E-state index in [2.05, 4.69) is 15.5 Å². The normalized spacial score (nSPS) is 11.1. The maximum Gasteiger partial charge on any atom is 0.268 e. The van der Waals surface area contributed by atoms with Crippen molar-refractivity contribution < 1.29 is 19.0 Å². The first-order chi connectivity index (χ1) is 16.9. The van der Waals surface area contributed by atoms with Gasteiger partial charge in [-0.25, -0.2) is 0 Å². The Kier molecular flexibility index (Phi) is 9.47. The SMILES string of the molecule is CCOc1cc(/C=C(/C#N)C(=O)Nc2nnc(C(C)C)s2)ccc1OCCOc1ccccc1Cl. The molecular weight excluding hydrogens is 488 g/mol. The maximum absolute atomic E-state index is 12.6. The molecule has 2 aromatic carbocycles. The molecule has 0 bridgehead atoms. The maximum atomic E-state index is 12.6. The van der Waals surface area contributed by atoms with E-state index in [1.807, 2.05) is 39.0 Å². The van der Waals surface area contributed by atoms with Crippen LogP contribution in [-0.2, 0) is 4.79 Å². The Bertz CT molecular complexity index is 1240. The van der Waals surface area contributed by atoms with Crippen molar-refractivity contribution in [3.63, 3.8) is 0 Å². The number of hydrogen-bond donors (Lipinski definition) is 1. The predicted molar refractivity (Wildman–Crippen MR) is 136 cm³/mol. The van der Waals surface area contributed by atoms with Gasteiger partial charge in [0.15, 0.2) is 11.5 Å². The molecule has 0 saturated heterocycles. The molecule has 35 heavy (non-hydrogen) atoms. The molecule has 0 unspecified atom stereocenters. The van der Waals surface area contributed by atoms with Gasteiger partial charge in [0.25, 0.3) is 5.91 Å². The molecule has 1 N–H and O–H groups in total. The van der Waals surface area contributed by atoms with Gasteiger partial charge in [0, 0.05) is 5.92 Å². The lowest BCUT2D eigenvalue weighted by Gasteiger charge is -2.13. The fourth-order valence-corrected chi connectivity index (χ4v) is 3.80. The second kappa shape index (κ2) is 12.7. The van der Waals surface area contributed by atoms with Crippen molar-refractivity contribution in [2.75, 3.05) is 25.1 Å². The zero-order valence-electron chi connectivity index (χ0n) is 19.6. The average Bonchev–Trinajstić information content (AvgIpc) is 3.31. The van der Waals surface area contributed by atoms with E-state index in [-0.39, 0.29) is 18.1 Å². The highest BCUT2D eigenvalue weighted by Crippen LogP contribution is 2.30. The number of ether oxygens (including phenoxy) is 3. The molecule has 182 valence electrons. The van der Waals surface area contributed by atoms with E-state index in [9.17, 15) is 10.1 Å². The Hall–Kier alpha value is -3.61. The van der Waals surface area contributed by atoms with Gasteiger partial charge in [0.05, 0.1) is 11.6 Å². The lowest BCUT2D eigenvalue weighted by atomic mass is 10.1. The summed E-state index contributed by atoms with van der Waals surface area (Å²) in [6.07, 6.45) is 1.48. The molecule has 0 aliphatic heterocycles. The Labute approximate surface area is 213 Å². The first-order valence-corrected chi connectivity index (χ1v) is 12.1. The minimum Gasteiger partial charge on any atom is -0.490 e. The average molecular weight is 513 g/mol. The minimum absolute atomic E-state index is 0.0736. The van der Waals surface area contributed by atoms with Crippen molar-refractivity contribution in [3.05, 3.63) is 63.6 Å². The molecule has 3 aromatic rings. The Morgan fingerprint density at radius 3 is 2.51 bits per heavy atom. The molecule has 0 aliphatic rings. The van der Waals surface area contributed by atoms with E-state index in [4.69, 9.17) is 25.8 Å². The number of nitrogens with zero attached hydrogens (tertiary/aromatic N) is 3. The summed E-state index contributed by atoms with van der Waals surface area (Å²) in [4.78, 5) is 12.6. The van der Waals surface area contributed by atoms with Gasteiger partial charge in [-0.15, -0.1) is 10.2 Å². The van der Waals surface area contributed by atoms with E-state index in [1.165, 1.54) is 17.4 Å². The molecule has 8 nitrogen and oxygen atoms in total. The third-order valence-corrected chi connectivity index (χ3v) is 5.99. The van der Waals surface area contributed by atoms with Crippen LogP contribution in [0.25, 0.3) is 6.08 Å². The van der Waals surface area contributed by atoms with Crippen molar-refractivity contribution in [3.8, 4) is 23.3 Å². The van der Waals surface area contributed by atoms with Gasteiger partial charge in [-0.3, -0.25) is 10.1 Å². The fourth-order valence-electron chi connectivity index (χ4n) is 2.87. The van der Waals surface area contributed by atoms with Crippen LogP contribution in [0.3, 0.4) is 0 Å². The number of nitriles is 1. The van der Waals surface area contributed by atoms with Crippen LogP contribution < -0.4 is 19.5 Å². The molecule has 1 amide bonds. The van der Waals surface area contributed by atoms with Crippen LogP contribution >= 0.6 is 22.9 Å². The molecule has 0 saturated carbocycles. The summed E-state index contributed by atoms with van der Waals surface area (Å²) in [7, 11) is 0. The predicted octanol–water partition coefficient (Wildman–Crippen LogP) is 5.72. The summed E-state index contributed by atoms with van der Waals surface area (Å²) < 4.78 is 17.1. The van der Waals surface area contributed by atoms with E-state index in [0.717, 1.165) is 5.01 Å². The number of benzene rings is 2. The lowest BCUT2D eigenvalue weighted by molar-refractivity contribution is -0.112. The van der Waals surface area contributed by atoms with Crippen LogP contribution in [-0.4, -0.2) is 35.9 Å². The number of carbonyl (C=O) groups is 1. The van der Waals surface area contributed by atoms with E-state index in [0.29, 0.717) is 46.2 Å². The quantitative estimate of drug-likeness (QED) is 0.199. The van der Waals surface area contributed by atoms with Gasteiger partial charge < -0.3 is 14.2 Å². The fraction of sp³-hybridized carbons (Fsp3) is 0.280. The number of amides is 1. The van der Waals surface area contributed by atoms with Gasteiger partial charge >= 0.3 is 0 Å². The van der Waals surface area contributed by atoms with Gasteiger partial charge in [0.1, 0.15) is 35.6 Å². The summed E-state index contributed by atoms with van der Waals surface area (Å²) in [5, 5.41) is 21.8. The third kappa shape index (κ3) is 7.44. The number of halogens is 1. The standard InChI is InChI=1S/C25H25ClN4O4S/c1-4-32-22-14-17(9-10-21(22)34-12-11-33-20-8-6-5-7-19(20)26)13-18(15-27)23(31)28-25-30-29-24(35-25)16(2)3/h5-10,13-14,16H,4,11-12H2,1-3H3,(H,28,30,31)/b18-13-. The Balaban J connectivity index is 1.66. The van der Waals surface area contributed by atoms with Crippen LogP contribution in [0, 0.1) is 11.3 Å². The second-order valence-corrected chi connectivity index (χ2v) is 8.91. The third-order valence-electron chi connectivity index (χ3n) is 4.53. The molecule has 3 rings (SSSR count). The molecule has 0 aliphatic carbocycles. The zero-order valence-corrected chi connectivity index (χ0v) is 21.2. The molecule has 10 heteroatoms. The molecule has 0 fully saturated rings. The zero-order chi connectivity index (χ0) is 25.2. The highest BCUT2D eigenvalue weighted by molar-refractivity contribution is 7.15. The smallest absolute Gasteiger partial charge is 0.268 e. The first-order valence-electron chi connectivity index (χ1n) is 10.9. The minimum atomic E-state index is -0.561. The Morgan fingerprint density at radius 1 is 1.11 bits per heavy atom. The van der Waals surface area contributed by atoms with Crippen LogP contribution in [0.2, 0.25) is 5.02 Å². The van der Waals surface area contributed by atoms with Gasteiger partial charge in [-0.05, 0) is 42.8 Å². The molecule has 0 atom stereocenters. The molecule has 1 heterocycles. The van der Waals surface area contributed by atoms with Gasteiger partial charge in [-0.2, -0.15) is 5.26 Å². The molecule has 0 radical (unpaired) electrons. The highest BCUT2D eigenvalue weighted by atomic mass is 35.5. The van der Waals surface area contributed by atoms with E-state index in [1.54, 1.807) is 30.3 Å². The van der Waals surface area contributed by atoms with Crippen LogP contribution in [0.5, 0.6) is 17.2 Å². The number of aromatic nitrogens is 2. The second-order valence-electron chi connectivity index (χ2n) is 7.49. The van der Waals surface area contributed by atoms with Crippen LogP contribution in [0.1, 0.15) is 37.3 Å². The van der Waals surface area contributed by atoms with Crippen molar-refractivity contribution in [2.24, 2.45) is 0 Å². The molecule has 0 spiro atoms. The van der Waals surface area contributed by atoms with E-state index < -0.39 is 5.91 Å². The van der Waals surface area contributed by atoms with Gasteiger partial charge in [0.2, 0.25) is 5.13 Å². The number of carbonyl (C=O) groups excluding carboxylic acids is 1. The van der Waals surface area contributed by atoms with Crippen molar-refractivity contribution in [1.82, 2.24) is 10.2 Å². The number of anilines is 1. The van der Waals surface area contributed by atoms with Crippen molar-refractivity contribution in [1.29, 1.82) is 5.26 Å². The number of hydrogen-bond acceptors (Lipinski definition) is 8. The first kappa shape index (κ1) is 26.0. The molecular formula is C25H25ClN4O4S. The number of para-hydroxylation sites is 1. The number of nitrogens with one attached hydrogen (secondary N) is 1. The summed E-state index contributed by atoms with van der Waals surface area (Å²) >= 11 is 7.37.